The number of benzene rings is 1. The van der Waals surface area contributed by atoms with Gasteiger partial charge in [-0.05, 0) is 35.9 Å². The second kappa shape index (κ2) is 9.63. The van der Waals surface area contributed by atoms with Crippen molar-refractivity contribution < 1.29 is 18.0 Å². The molecule has 1 aromatic carbocycles. The van der Waals surface area contributed by atoms with E-state index in [1.54, 1.807) is 42.3 Å². The Kier molecular flexibility index (Phi) is 6.44. The van der Waals surface area contributed by atoms with Crippen molar-refractivity contribution in [3.05, 3.63) is 79.3 Å². The van der Waals surface area contributed by atoms with Crippen molar-refractivity contribution in [3.8, 4) is 11.1 Å². The number of aromatic nitrogens is 5. The summed E-state index contributed by atoms with van der Waals surface area (Å²) >= 11 is 0. The Morgan fingerprint density at radius 1 is 1.03 bits per heavy atom. The largest absolute Gasteiger partial charge is 0.416 e. The maximum absolute atomic E-state index is 13.0. The van der Waals surface area contributed by atoms with Crippen molar-refractivity contribution in [2.75, 3.05) is 16.0 Å². The molecular formula is C23H19F3N8O. The fourth-order valence-electron chi connectivity index (χ4n) is 3.07. The molecule has 0 saturated heterocycles. The number of nitrogens with one attached hydrogen (secondary N) is 3. The van der Waals surface area contributed by atoms with Gasteiger partial charge in [0.05, 0.1) is 17.4 Å². The Labute approximate surface area is 197 Å². The van der Waals surface area contributed by atoms with E-state index >= 15 is 0 Å². The maximum atomic E-state index is 13.0. The van der Waals surface area contributed by atoms with Crippen LogP contribution in [-0.4, -0.2) is 30.6 Å². The van der Waals surface area contributed by atoms with Crippen molar-refractivity contribution in [1.82, 2.24) is 24.7 Å². The van der Waals surface area contributed by atoms with E-state index in [-0.39, 0.29) is 17.6 Å². The van der Waals surface area contributed by atoms with Crippen LogP contribution >= 0.6 is 0 Å². The molecule has 9 nitrogen and oxygen atoms in total. The van der Waals surface area contributed by atoms with Crippen molar-refractivity contribution >= 4 is 35.0 Å². The lowest BCUT2D eigenvalue weighted by Gasteiger charge is -2.14. The molecule has 0 bridgehead atoms. The molecule has 0 atom stereocenters. The van der Waals surface area contributed by atoms with Gasteiger partial charge in [0.25, 0.3) is 0 Å². The van der Waals surface area contributed by atoms with Gasteiger partial charge in [0.1, 0.15) is 17.5 Å². The minimum Gasteiger partial charge on any atom is -0.324 e. The second-order valence-electron chi connectivity index (χ2n) is 7.29. The zero-order chi connectivity index (χ0) is 25.0. The smallest absolute Gasteiger partial charge is 0.324 e. The van der Waals surface area contributed by atoms with Gasteiger partial charge in [-0.3, -0.25) is 9.48 Å². The van der Waals surface area contributed by atoms with E-state index in [1.165, 1.54) is 18.3 Å². The summed E-state index contributed by atoms with van der Waals surface area (Å²) in [4.78, 5) is 24.7. The maximum Gasteiger partial charge on any atom is 0.416 e. The number of amides is 1. The Morgan fingerprint density at radius 2 is 1.77 bits per heavy atom. The number of halogens is 3. The standard InChI is InChI=1S/C23H19F3N8O/c1-3-20(35)31-18-5-4-6-19(30-18)32-21-17(14-7-9-15(10-8-14)23(24,25)26)12-27-22(33-21)29-16-11-28-34(2)13-16/h3-13H,1H2,2H3,(H3,27,29,30,31,32,33,35). The first-order chi connectivity index (χ1) is 16.7. The highest BCUT2D eigenvalue weighted by Crippen LogP contribution is 2.33. The normalized spacial score (nSPS) is 11.1. The summed E-state index contributed by atoms with van der Waals surface area (Å²) in [5, 5.41) is 12.7. The molecule has 0 fully saturated rings. The van der Waals surface area contributed by atoms with Crippen LogP contribution in [0, 0.1) is 0 Å². The minimum atomic E-state index is -4.45. The molecular weight excluding hydrogens is 461 g/mol. The molecule has 4 aromatic rings. The fraction of sp³-hybridized carbons (Fsp3) is 0.0870. The molecule has 12 heteroatoms. The zero-order valence-corrected chi connectivity index (χ0v) is 18.3. The van der Waals surface area contributed by atoms with Gasteiger partial charge in [0.15, 0.2) is 0 Å². The van der Waals surface area contributed by atoms with E-state index < -0.39 is 17.6 Å². The third kappa shape index (κ3) is 5.79. The summed E-state index contributed by atoms with van der Waals surface area (Å²) in [6.45, 7) is 3.40. The monoisotopic (exact) mass is 480 g/mol. The second-order valence-corrected chi connectivity index (χ2v) is 7.29. The number of hydrogen-bond donors (Lipinski definition) is 3. The van der Waals surface area contributed by atoms with Gasteiger partial charge in [-0.1, -0.05) is 24.8 Å². The molecule has 0 aliphatic rings. The summed E-state index contributed by atoms with van der Waals surface area (Å²) in [6, 6.07) is 9.58. The van der Waals surface area contributed by atoms with Crippen LogP contribution in [0.2, 0.25) is 0 Å². The van der Waals surface area contributed by atoms with Crippen LogP contribution < -0.4 is 16.0 Å². The number of anilines is 5. The van der Waals surface area contributed by atoms with Crippen LogP contribution in [0.3, 0.4) is 0 Å². The molecule has 3 aromatic heterocycles. The van der Waals surface area contributed by atoms with Crippen LogP contribution in [0.1, 0.15) is 5.56 Å². The van der Waals surface area contributed by atoms with Crippen LogP contribution in [0.25, 0.3) is 11.1 Å². The highest BCUT2D eigenvalue weighted by molar-refractivity contribution is 5.98. The van der Waals surface area contributed by atoms with Crippen molar-refractivity contribution in [2.24, 2.45) is 7.05 Å². The van der Waals surface area contributed by atoms with E-state index in [9.17, 15) is 18.0 Å². The average molecular weight is 480 g/mol. The molecule has 4 rings (SSSR count). The number of pyridine rings is 1. The molecule has 0 spiro atoms. The number of rotatable bonds is 7. The fourth-order valence-corrected chi connectivity index (χ4v) is 3.07. The number of nitrogens with zero attached hydrogens (tertiary/aromatic N) is 5. The third-order valence-electron chi connectivity index (χ3n) is 4.71. The summed E-state index contributed by atoms with van der Waals surface area (Å²) < 4.78 is 40.6. The molecule has 35 heavy (non-hydrogen) atoms. The quantitative estimate of drug-likeness (QED) is 0.323. The molecule has 0 aliphatic heterocycles. The van der Waals surface area contributed by atoms with Crippen LogP contribution in [0.5, 0.6) is 0 Å². The first-order valence-corrected chi connectivity index (χ1v) is 10.2. The first kappa shape index (κ1) is 23.4. The van der Waals surface area contributed by atoms with Gasteiger partial charge in [0.2, 0.25) is 11.9 Å². The topological polar surface area (TPSA) is 110 Å². The number of aryl methyl sites for hydroxylation is 1. The third-order valence-corrected chi connectivity index (χ3v) is 4.71. The van der Waals surface area contributed by atoms with Gasteiger partial charge in [-0.15, -0.1) is 0 Å². The van der Waals surface area contributed by atoms with Crippen LogP contribution in [0.4, 0.5) is 42.3 Å². The zero-order valence-electron chi connectivity index (χ0n) is 18.3. The summed E-state index contributed by atoms with van der Waals surface area (Å²) in [7, 11) is 1.76. The number of carbonyl (C=O) groups excluding carboxylic acids is 1. The molecule has 0 saturated carbocycles. The Morgan fingerprint density at radius 3 is 2.43 bits per heavy atom. The highest BCUT2D eigenvalue weighted by atomic mass is 19.4. The molecule has 0 unspecified atom stereocenters. The molecule has 1 amide bonds. The van der Waals surface area contributed by atoms with E-state index in [4.69, 9.17) is 0 Å². The van der Waals surface area contributed by atoms with Gasteiger partial charge < -0.3 is 16.0 Å². The van der Waals surface area contributed by atoms with Crippen LogP contribution in [0.15, 0.2) is 73.7 Å². The lowest BCUT2D eigenvalue weighted by Crippen LogP contribution is -2.10. The number of hydrogen-bond acceptors (Lipinski definition) is 7. The van der Waals surface area contributed by atoms with E-state index in [2.05, 4.69) is 42.6 Å². The van der Waals surface area contributed by atoms with Crippen molar-refractivity contribution in [2.45, 2.75) is 6.18 Å². The predicted molar refractivity (Wildman–Crippen MR) is 125 cm³/mol. The van der Waals surface area contributed by atoms with E-state index in [1.807, 2.05) is 0 Å². The lowest BCUT2D eigenvalue weighted by molar-refractivity contribution is -0.137. The van der Waals surface area contributed by atoms with Gasteiger partial charge >= 0.3 is 6.18 Å². The summed E-state index contributed by atoms with van der Waals surface area (Å²) in [5.74, 6) is 0.702. The summed E-state index contributed by atoms with van der Waals surface area (Å²) in [5.41, 5.74) is 0.786. The molecule has 0 radical (unpaired) electrons. The molecule has 3 heterocycles. The molecule has 3 N–H and O–H groups in total. The highest BCUT2D eigenvalue weighted by Gasteiger charge is 2.30. The number of carbonyl (C=O) groups is 1. The van der Waals surface area contributed by atoms with E-state index in [0.29, 0.717) is 22.6 Å². The Bertz CT molecular complexity index is 1370. The number of alkyl halides is 3. The Balaban J connectivity index is 1.70. The Hall–Kier alpha value is -4.74. The molecule has 0 aliphatic carbocycles. The first-order valence-electron chi connectivity index (χ1n) is 10.2. The van der Waals surface area contributed by atoms with E-state index in [0.717, 1.165) is 18.2 Å². The predicted octanol–water partition coefficient (Wildman–Crippen LogP) is 4.90. The SMILES string of the molecule is C=CC(=O)Nc1cccc(Nc2nc(Nc3cnn(C)c3)ncc2-c2ccc(C(F)(F)F)cc2)n1. The van der Waals surface area contributed by atoms with Crippen molar-refractivity contribution in [1.29, 1.82) is 0 Å². The van der Waals surface area contributed by atoms with Crippen LogP contribution in [-0.2, 0) is 18.0 Å². The summed E-state index contributed by atoms with van der Waals surface area (Å²) in [6.07, 6.45) is 1.47. The van der Waals surface area contributed by atoms with Gasteiger partial charge in [0, 0.05) is 25.0 Å². The minimum absolute atomic E-state index is 0.229. The average Bonchev–Trinajstić information content (AvgIpc) is 3.23. The lowest BCUT2D eigenvalue weighted by atomic mass is 10.1. The van der Waals surface area contributed by atoms with Gasteiger partial charge in [-0.2, -0.15) is 23.3 Å². The van der Waals surface area contributed by atoms with Crippen molar-refractivity contribution in [3.63, 3.8) is 0 Å². The molecule has 178 valence electrons. The van der Waals surface area contributed by atoms with Gasteiger partial charge in [-0.25, -0.2) is 9.97 Å².